The van der Waals surface area contributed by atoms with E-state index in [1.807, 2.05) is 6.07 Å². The maximum atomic E-state index is 8.85. The first-order valence-corrected chi connectivity index (χ1v) is 5.59. The Hall–Kier alpha value is -1.60. The minimum absolute atomic E-state index is 0.372. The normalized spacial score (nSPS) is 16.7. The van der Waals surface area contributed by atoms with Crippen molar-refractivity contribution in [1.29, 1.82) is 5.26 Å². The van der Waals surface area contributed by atoms with Gasteiger partial charge in [-0.3, -0.25) is 0 Å². The van der Waals surface area contributed by atoms with Gasteiger partial charge < -0.3 is 10.1 Å². The fraction of sp³-hybridized carbons (Fsp3) is 0.500. The van der Waals surface area contributed by atoms with Gasteiger partial charge in [-0.2, -0.15) is 5.26 Å². The summed E-state index contributed by atoms with van der Waals surface area (Å²) in [5.41, 5.74) is 0.372. The second-order valence-corrected chi connectivity index (χ2v) is 3.97. The van der Waals surface area contributed by atoms with Crippen LogP contribution < -0.4 is 10.1 Å². The predicted molar refractivity (Wildman–Crippen MR) is 60.0 cm³/mol. The molecule has 0 atom stereocenters. The summed E-state index contributed by atoms with van der Waals surface area (Å²) < 4.78 is 5.65. The molecule has 4 heteroatoms. The lowest BCUT2D eigenvalue weighted by Gasteiger charge is -2.22. The van der Waals surface area contributed by atoms with E-state index in [1.165, 1.54) is 0 Å². The molecular formula is C12H15N3O. The van der Waals surface area contributed by atoms with Crippen molar-refractivity contribution >= 4 is 0 Å². The minimum Gasteiger partial charge on any atom is -0.490 e. The average Bonchev–Trinajstić information content (AvgIpc) is 2.38. The SMILES string of the molecule is N#Cc1ncccc1OCC1CCNCC1. The third-order valence-corrected chi connectivity index (χ3v) is 2.81. The van der Waals surface area contributed by atoms with Crippen LogP contribution in [-0.2, 0) is 0 Å². The van der Waals surface area contributed by atoms with Gasteiger partial charge in [-0.25, -0.2) is 4.98 Å². The average molecular weight is 217 g/mol. The maximum absolute atomic E-state index is 8.85. The fourth-order valence-electron chi connectivity index (χ4n) is 1.85. The van der Waals surface area contributed by atoms with Crippen LogP contribution in [0.5, 0.6) is 5.75 Å². The van der Waals surface area contributed by atoms with Crippen molar-refractivity contribution in [2.45, 2.75) is 12.8 Å². The van der Waals surface area contributed by atoms with E-state index in [4.69, 9.17) is 10.00 Å². The van der Waals surface area contributed by atoms with Crippen LogP contribution in [0.3, 0.4) is 0 Å². The van der Waals surface area contributed by atoms with E-state index in [1.54, 1.807) is 18.3 Å². The van der Waals surface area contributed by atoms with Crippen molar-refractivity contribution in [1.82, 2.24) is 10.3 Å². The Kier molecular flexibility index (Phi) is 3.73. The van der Waals surface area contributed by atoms with Gasteiger partial charge in [-0.15, -0.1) is 0 Å². The first-order valence-electron chi connectivity index (χ1n) is 5.59. The summed E-state index contributed by atoms with van der Waals surface area (Å²) in [6, 6.07) is 5.62. The molecule has 0 saturated carbocycles. The van der Waals surface area contributed by atoms with Crippen LogP contribution in [0.4, 0.5) is 0 Å². The third kappa shape index (κ3) is 2.71. The van der Waals surface area contributed by atoms with E-state index in [0.29, 0.717) is 24.0 Å². The Balaban J connectivity index is 1.91. The molecule has 0 aliphatic carbocycles. The van der Waals surface area contributed by atoms with Gasteiger partial charge in [0.15, 0.2) is 11.4 Å². The van der Waals surface area contributed by atoms with E-state index in [-0.39, 0.29) is 0 Å². The molecule has 16 heavy (non-hydrogen) atoms. The number of pyridine rings is 1. The second kappa shape index (κ2) is 5.47. The van der Waals surface area contributed by atoms with Gasteiger partial charge in [-0.1, -0.05) is 0 Å². The molecule has 1 N–H and O–H groups in total. The molecule has 0 unspecified atom stereocenters. The summed E-state index contributed by atoms with van der Waals surface area (Å²) in [5, 5.41) is 12.2. The first-order chi connectivity index (χ1) is 7.90. The lowest BCUT2D eigenvalue weighted by atomic mass is 9.99. The van der Waals surface area contributed by atoms with Crippen LogP contribution >= 0.6 is 0 Å². The number of nitriles is 1. The van der Waals surface area contributed by atoms with Crippen molar-refractivity contribution in [3.63, 3.8) is 0 Å². The molecule has 1 aromatic heterocycles. The van der Waals surface area contributed by atoms with Crippen LogP contribution in [0.25, 0.3) is 0 Å². The number of nitrogens with zero attached hydrogens (tertiary/aromatic N) is 2. The molecule has 2 rings (SSSR count). The monoisotopic (exact) mass is 217 g/mol. The molecule has 0 radical (unpaired) electrons. The molecule has 1 saturated heterocycles. The number of nitrogens with one attached hydrogen (secondary N) is 1. The van der Waals surface area contributed by atoms with Crippen LogP contribution in [0.1, 0.15) is 18.5 Å². The van der Waals surface area contributed by atoms with Gasteiger partial charge in [0.2, 0.25) is 0 Å². The van der Waals surface area contributed by atoms with Crippen molar-refractivity contribution < 1.29 is 4.74 Å². The third-order valence-electron chi connectivity index (χ3n) is 2.81. The van der Waals surface area contributed by atoms with Crippen LogP contribution in [0.15, 0.2) is 18.3 Å². The number of hydrogen-bond donors (Lipinski definition) is 1. The lowest BCUT2D eigenvalue weighted by Crippen LogP contribution is -2.30. The first kappa shape index (κ1) is 10.9. The zero-order valence-electron chi connectivity index (χ0n) is 9.15. The van der Waals surface area contributed by atoms with Crippen molar-refractivity contribution in [3.8, 4) is 11.8 Å². The molecule has 1 fully saturated rings. The summed E-state index contributed by atoms with van der Waals surface area (Å²) in [6.07, 6.45) is 3.89. The van der Waals surface area contributed by atoms with Crippen molar-refractivity contribution in [2.24, 2.45) is 5.92 Å². The molecule has 0 bridgehead atoms. The standard InChI is InChI=1S/C12H15N3O/c13-8-11-12(2-1-5-15-11)16-9-10-3-6-14-7-4-10/h1-2,5,10,14H,3-4,6-7,9H2. The number of ether oxygens (including phenoxy) is 1. The summed E-state index contributed by atoms with van der Waals surface area (Å²) in [6.45, 7) is 2.81. The zero-order chi connectivity index (χ0) is 11.2. The highest BCUT2D eigenvalue weighted by atomic mass is 16.5. The smallest absolute Gasteiger partial charge is 0.182 e. The Morgan fingerprint density at radius 1 is 1.50 bits per heavy atom. The van der Waals surface area contributed by atoms with E-state index in [9.17, 15) is 0 Å². The molecule has 1 aromatic rings. The molecule has 0 amide bonds. The number of rotatable bonds is 3. The van der Waals surface area contributed by atoms with Gasteiger partial charge in [0, 0.05) is 6.20 Å². The number of aromatic nitrogens is 1. The van der Waals surface area contributed by atoms with E-state index >= 15 is 0 Å². The predicted octanol–water partition coefficient (Wildman–Crippen LogP) is 1.33. The van der Waals surface area contributed by atoms with Crippen LogP contribution in [0.2, 0.25) is 0 Å². The number of piperidine rings is 1. The topological polar surface area (TPSA) is 57.9 Å². The molecule has 2 heterocycles. The molecule has 1 aliphatic heterocycles. The van der Waals surface area contributed by atoms with Gasteiger partial charge >= 0.3 is 0 Å². The van der Waals surface area contributed by atoms with Crippen LogP contribution in [-0.4, -0.2) is 24.7 Å². The van der Waals surface area contributed by atoms with Gasteiger partial charge in [0.1, 0.15) is 6.07 Å². The molecule has 0 aromatic carbocycles. The summed E-state index contributed by atoms with van der Waals surface area (Å²) in [5.74, 6) is 1.19. The molecule has 0 spiro atoms. The van der Waals surface area contributed by atoms with Crippen molar-refractivity contribution in [2.75, 3.05) is 19.7 Å². The highest BCUT2D eigenvalue weighted by Gasteiger charge is 2.14. The fourth-order valence-corrected chi connectivity index (χ4v) is 1.85. The second-order valence-electron chi connectivity index (χ2n) is 3.97. The Morgan fingerprint density at radius 3 is 3.06 bits per heavy atom. The Morgan fingerprint density at radius 2 is 2.31 bits per heavy atom. The minimum atomic E-state index is 0.372. The quantitative estimate of drug-likeness (QED) is 0.829. The highest BCUT2D eigenvalue weighted by molar-refractivity contribution is 5.36. The summed E-state index contributed by atoms with van der Waals surface area (Å²) in [4.78, 5) is 3.96. The molecule has 4 nitrogen and oxygen atoms in total. The van der Waals surface area contributed by atoms with Gasteiger partial charge in [-0.05, 0) is 44.0 Å². The maximum Gasteiger partial charge on any atom is 0.182 e. The van der Waals surface area contributed by atoms with Crippen LogP contribution in [0, 0.1) is 17.2 Å². The Bertz CT molecular complexity index is 380. The molecular weight excluding hydrogens is 202 g/mol. The van der Waals surface area contributed by atoms with E-state index < -0.39 is 0 Å². The lowest BCUT2D eigenvalue weighted by molar-refractivity contribution is 0.214. The number of hydrogen-bond acceptors (Lipinski definition) is 4. The van der Waals surface area contributed by atoms with Gasteiger partial charge in [0.05, 0.1) is 6.61 Å². The van der Waals surface area contributed by atoms with E-state index in [2.05, 4.69) is 10.3 Å². The molecule has 84 valence electrons. The largest absolute Gasteiger partial charge is 0.490 e. The van der Waals surface area contributed by atoms with Crippen molar-refractivity contribution in [3.05, 3.63) is 24.0 Å². The zero-order valence-corrected chi connectivity index (χ0v) is 9.15. The summed E-state index contributed by atoms with van der Waals surface area (Å²) >= 11 is 0. The highest BCUT2D eigenvalue weighted by Crippen LogP contribution is 2.18. The Labute approximate surface area is 95.3 Å². The summed E-state index contributed by atoms with van der Waals surface area (Å²) in [7, 11) is 0. The van der Waals surface area contributed by atoms with E-state index in [0.717, 1.165) is 25.9 Å². The van der Waals surface area contributed by atoms with Gasteiger partial charge in [0.25, 0.3) is 0 Å². The molecule has 1 aliphatic rings.